The molecule has 4 aliphatic carbocycles. The summed E-state index contributed by atoms with van der Waals surface area (Å²) in [5.74, 6) is 0. The minimum Gasteiger partial charge on any atom is -0.311 e. The third-order valence-electron chi connectivity index (χ3n) is 15.3. The molecular weight excluding hydrogens is 711 g/mol. The summed E-state index contributed by atoms with van der Waals surface area (Å²) >= 11 is 0. The van der Waals surface area contributed by atoms with Crippen LogP contribution in [0.2, 0.25) is 0 Å². The van der Waals surface area contributed by atoms with Gasteiger partial charge in [-0.1, -0.05) is 80.3 Å². The van der Waals surface area contributed by atoms with Gasteiger partial charge >= 0.3 is 0 Å². The Morgan fingerprint density at radius 2 is 0.695 bits per heavy atom. The van der Waals surface area contributed by atoms with Gasteiger partial charge in [-0.2, -0.15) is 0 Å². The Bertz CT molecular complexity index is 2450. The normalized spacial score (nSPS) is 18.1. The maximum absolute atomic E-state index is 2.73. The van der Waals surface area contributed by atoms with E-state index in [9.17, 15) is 0 Å². The highest BCUT2D eigenvalue weighted by Gasteiger charge is 2.45. The molecule has 0 saturated carbocycles. The van der Waals surface area contributed by atoms with E-state index in [4.69, 9.17) is 0 Å². The Kier molecular flexibility index (Phi) is 9.07. The molecule has 0 unspecified atom stereocenters. The predicted octanol–water partition coefficient (Wildman–Crippen LogP) is 12.5. The number of hydrogen-bond donors (Lipinski definition) is 0. The van der Waals surface area contributed by atoms with Crippen LogP contribution in [-0.2, 0) is 51.4 Å². The van der Waals surface area contributed by atoms with Gasteiger partial charge in [0.2, 0.25) is 0 Å². The highest BCUT2D eigenvalue weighted by atomic mass is 15.2. The molecule has 3 heteroatoms. The maximum Gasteiger partial charge on any atom is 0.252 e. The van der Waals surface area contributed by atoms with Gasteiger partial charge in [0.1, 0.15) is 0 Å². The van der Waals surface area contributed by atoms with Crippen LogP contribution >= 0.6 is 0 Å². The highest BCUT2D eigenvalue weighted by Crippen LogP contribution is 2.48. The summed E-state index contributed by atoms with van der Waals surface area (Å²) in [6.45, 7) is 0.172. The van der Waals surface area contributed by atoms with Crippen LogP contribution in [0.25, 0.3) is 11.1 Å². The van der Waals surface area contributed by atoms with Crippen LogP contribution in [0.4, 0.5) is 34.1 Å². The van der Waals surface area contributed by atoms with E-state index in [-0.39, 0.29) is 6.71 Å². The third-order valence-corrected chi connectivity index (χ3v) is 15.3. The smallest absolute Gasteiger partial charge is 0.252 e. The fourth-order valence-corrected chi connectivity index (χ4v) is 12.2. The molecule has 0 fully saturated rings. The molecule has 6 aliphatic rings. The molecule has 0 amide bonds. The van der Waals surface area contributed by atoms with Gasteiger partial charge in [0.05, 0.1) is 0 Å². The molecule has 0 saturated heterocycles. The molecule has 2 heterocycles. The Hall–Kier alpha value is -5.02. The van der Waals surface area contributed by atoms with Crippen molar-refractivity contribution in [2.24, 2.45) is 0 Å². The van der Waals surface area contributed by atoms with E-state index in [1.165, 1.54) is 190 Å². The molecule has 59 heavy (non-hydrogen) atoms. The van der Waals surface area contributed by atoms with Gasteiger partial charge in [0, 0.05) is 34.1 Å². The van der Waals surface area contributed by atoms with Crippen molar-refractivity contribution in [1.29, 1.82) is 0 Å². The first-order valence-corrected chi connectivity index (χ1v) is 23.6. The third kappa shape index (κ3) is 6.21. The van der Waals surface area contributed by atoms with E-state index < -0.39 is 0 Å². The van der Waals surface area contributed by atoms with Crippen LogP contribution < -0.4 is 26.2 Å². The average Bonchev–Trinajstić information content (AvgIpc) is 3.85. The monoisotopic (exact) mass is 768 g/mol. The molecule has 12 rings (SSSR count). The molecule has 2 nitrogen and oxygen atoms in total. The fourth-order valence-electron chi connectivity index (χ4n) is 12.2. The lowest BCUT2D eigenvalue weighted by atomic mass is 9.33. The fraction of sp³-hybridized carbons (Fsp3) is 0.357. The first-order chi connectivity index (χ1) is 29.2. The zero-order valence-corrected chi connectivity index (χ0v) is 34.9. The van der Waals surface area contributed by atoms with E-state index in [1.807, 2.05) is 0 Å². The van der Waals surface area contributed by atoms with Gasteiger partial charge < -0.3 is 9.80 Å². The largest absolute Gasteiger partial charge is 0.311 e. The minimum absolute atomic E-state index is 0.172. The van der Waals surface area contributed by atoms with Crippen LogP contribution in [0.3, 0.4) is 0 Å². The molecule has 294 valence electrons. The first-order valence-electron chi connectivity index (χ1n) is 23.6. The van der Waals surface area contributed by atoms with Crippen molar-refractivity contribution in [2.75, 3.05) is 9.80 Å². The quantitative estimate of drug-likeness (QED) is 0.130. The zero-order chi connectivity index (χ0) is 38.9. The molecule has 0 radical (unpaired) electrons. The van der Waals surface area contributed by atoms with Crippen molar-refractivity contribution in [3.05, 3.63) is 148 Å². The average molecular weight is 769 g/mol. The number of nitrogens with zero attached hydrogens (tertiary/aromatic N) is 2. The summed E-state index contributed by atoms with van der Waals surface area (Å²) in [5.41, 5.74) is 27.9. The number of fused-ring (bicyclic) bond motifs is 8. The molecule has 0 bridgehead atoms. The minimum atomic E-state index is 0.172. The summed E-state index contributed by atoms with van der Waals surface area (Å²) < 4.78 is 0. The molecule has 0 N–H and O–H groups in total. The van der Waals surface area contributed by atoms with Crippen LogP contribution in [0.5, 0.6) is 0 Å². The summed E-state index contributed by atoms with van der Waals surface area (Å²) in [6, 6.07) is 42.3. The lowest BCUT2D eigenvalue weighted by Crippen LogP contribution is -2.61. The van der Waals surface area contributed by atoms with Gasteiger partial charge in [-0.05, 0) is 223 Å². The van der Waals surface area contributed by atoms with Crippen molar-refractivity contribution in [3.8, 4) is 11.1 Å². The molecule has 2 aliphatic heterocycles. The van der Waals surface area contributed by atoms with Gasteiger partial charge in [-0.25, -0.2) is 0 Å². The van der Waals surface area contributed by atoms with E-state index in [0.717, 1.165) is 0 Å². The number of rotatable bonds is 3. The molecule has 0 spiro atoms. The zero-order valence-electron chi connectivity index (χ0n) is 34.9. The standard InChI is InChI=1S/C56H57BN2/c1-6-16-38(17-7-1)47-36-54-56-55(37-47)59(49-29-27-40-19-9-3-11-21-42(40)31-49)53-35-46-25-15-5-13-23-44(46)33-51(53)57(56)50-32-43-22-12-4-14-24-45(43)34-52(50)58(54)48-28-26-39-18-8-2-10-20-41(39)30-48/h1,6-7,16-17,26-37H,2-5,8-15,18-25H2. The van der Waals surface area contributed by atoms with Crippen molar-refractivity contribution in [2.45, 2.75) is 128 Å². The Labute approximate surface area is 352 Å². The molecule has 6 aromatic carbocycles. The Balaban J connectivity index is 1.18. The van der Waals surface area contributed by atoms with Gasteiger partial charge in [0.25, 0.3) is 6.71 Å². The van der Waals surface area contributed by atoms with E-state index >= 15 is 0 Å². The summed E-state index contributed by atoms with van der Waals surface area (Å²) in [5, 5.41) is 0. The number of anilines is 6. The summed E-state index contributed by atoms with van der Waals surface area (Å²) in [4.78, 5) is 5.47. The lowest BCUT2D eigenvalue weighted by molar-refractivity contribution is 0.711. The van der Waals surface area contributed by atoms with E-state index in [2.05, 4.69) is 113 Å². The van der Waals surface area contributed by atoms with Crippen LogP contribution in [0.1, 0.15) is 122 Å². The molecule has 0 atom stereocenters. The lowest BCUT2D eigenvalue weighted by Gasteiger charge is -2.45. The Morgan fingerprint density at radius 1 is 0.305 bits per heavy atom. The second-order valence-electron chi connectivity index (χ2n) is 18.9. The second-order valence-corrected chi connectivity index (χ2v) is 18.9. The SMILES string of the molecule is c1ccc(-c2cc3c4c(c2)N(c2ccc5c(c2)CCCCC5)c2cc5c(cc2B4c2cc4c(cc2N3c2ccc3c(c2)CCCCC3)CCCCC4)CCCCC5)cc1. The first kappa shape index (κ1) is 35.9. The van der Waals surface area contributed by atoms with E-state index in [1.54, 1.807) is 44.5 Å². The summed E-state index contributed by atoms with van der Waals surface area (Å²) in [6.07, 6.45) is 25.2. The van der Waals surface area contributed by atoms with Crippen LogP contribution in [0.15, 0.2) is 103 Å². The molecular formula is C56H57BN2. The topological polar surface area (TPSA) is 6.48 Å². The maximum atomic E-state index is 2.73. The van der Waals surface area contributed by atoms with Crippen molar-refractivity contribution < 1.29 is 0 Å². The van der Waals surface area contributed by atoms with Gasteiger partial charge in [-0.15, -0.1) is 0 Å². The Morgan fingerprint density at radius 3 is 1.14 bits per heavy atom. The number of hydrogen-bond acceptors (Lipinski definition) is 2. The second kappa shape index (κ2) is 14.9. The van der Waals surface area contributed by atoms with Gasteiger partial charge in [0.15, 0.2) is 0 Å². The van der Waals surface area contributed by atoms with Crippen LogP contribution in [0, 0.1) is 0 Å². The van der Waals surface area contributed by atoms with Crippen LogP contribution in [-0.4, -0.2) is 6.71 Å². The predicted molar refractivity (Wildman–Crippen MR) is 251 cm³/mol. The summed E-state index contributed by atoms with van der Waals surface area (Å²) in [7, 11) is 0. The number of aryl methyl sites for hydroxylation is 8. The number of benzene rings is 6. The van der Waals surface area contributed by atoms with E-state index in [0.29, 0.717) is 0 Å². The molecule has 0 aromatic heterocycles. The van der Waals surface area contributed by atoms with Crippen molar-refractivity contribution in [3.63, 3.8) is 0 Å². The highest BCUT2D eigenvalue weighted by molar-refractivity contribution is 7.00. The van der Waals surface area contributed by atoms with Gasteiger partial charge in [-0.3, -0.25) is 0 Å². The van der Waals surface area contributed by atoms with Crippen molar-refractivity contribution >= 4 is 57.2 Å². The molecule has 6 aromatic rings. The van der Waals surface area contributed by atoms with Crippen molar-refractivity contribution in [1.82, 2.24) is 0 Å².